The van der Waals surface area contributed by atoms with Gasteiger partial charge < -0.3 is 15.2 Å². The lowest BCUT2D eigenvalue weighted by Crippen LogP contribution is -2.17. The number of benzene rings is 1. The Morgan fingerprint density at radius 1 is 1.07 bits per heavy atom. The predicted molar refractivity (Wildman–Crippen MR) is 54.4 cm³/mol. The molecule has 0 radical (unpaired) electrons. The largest absolute Gasteiger partial charge is 0.451 e. The summed E-state index contributed by atoms with van der Waals surface area (Å²) < 4.78 is 11.2. The number of ether oxygens (including phenoxy) is 2. The fourth-order valence-electron chi connectivity index (χ4n) is 1.53. The number of rotatable bonds is 4. The van der Waals surface area contributed by atoms with E-state index in [1.54, 1.807) is 0 Å². The highest BCUT2D eigenvalue weighted by Crippen LogP contribution is 2.35. The molecule has 1 heterocycles. The van der Waals surface area contributed by atoms with Gasteiger partial charge in [-0.15, -0.1) is 0 Å². The minimum atomic E-state index is -0.112. The molecule has 0 saturated heterocycles. The zero-order valence-corrected chi connectivity index (χ0v) is 8.11. The Labute approximate surface area is 83.8 Å². The topological polar surface area (TPSA) is 44.5 Å². The summed E-state index contributed by atoms with van der Waals surface area (Å²) in [4.78, 5) is 0. The molecule has 1 aliphatic heterocycles. The molecule has 1 aromatic carbocycles. The van der Waals surface area contributed by atoms with Crippen LogP contribution >= 0.6 is 0 Å². The molecule has 14 heavy (non-hydrogen) atoms. The van der Waals surface area contributed by atoms with Gasteiger partial charge in [0.15, 0.2) is 11.5 Å². The smallest absolute Gasteiger partial charge is 0.241 e. The number of hydrogen-bond acceptors (Lipinski definition) is 3. The van der Waals surface area contributed by atoms with E-state index in [4.69, 9.17) is 15.2 Å². The molecule has 0 bridgehead atoms. The summed E-state index contributed by atoms with van der Waals surface area (Å²) in [6, 6.07) is 7.76. The van der Waals surface area contributed by atoms with Crippen LogP contribution in [0.1, 0.15) is 19.3 Å². The highest BCUT2D eigenvalue weighted by Gasteiger charge is 2.22. The van der Waals surface area contributed by atoms with Crippen LogP contribution in [0.4, 0.5) is 0 Å². The van der Waals surface area contributed by atoms with Gasteiger partial charge in [0.25, 0.3) is 0 Å². The fraction of sp³-hybridized carbons (Fsp3) is 0.455. The summed E-state index contributed by atoms with van der Waals surface area (Å²) in [7, 11) is 0. The number of para-hydroxylation sites is 2. The van der Waals surface area contributed by atoms with Crippen LogP contribution in [0.25, 0.3) is 0 Å². The second kappa shape index (κ2) is 4.33. The van der Waals surface area contributed by atoms with Crippen LogP contribution in [0.15, 0.2) is 24.3 Å². The third-order valence-electron chi connectivity index (χ3n) is 2.26. The first-order chi connectivity index (χ1) is 6.90. The molecule has 0 unspecified atom stereocenters. The van der Waals surface area contributed by atoms with E-state index in [0.29, 0.717) is 0 Å². The molecular formula is C11H15NO2. The summed E-state index contributed by atoms with van der Waals surface area (Å²) in [6.07, 6.45) is 2.87. The van der Waals surface area contributed by atoms with Crippen molar-refractivity contribution in [1.29, 1.82) is 0 Å². The van der Waals surface area contributed by atoms with Crippen molar-refractivity contribution in [2.75, 3.05) is 6.54 Å². The van der Waals surface area contributed by atoms with Crippen molar-refractivity contribution in [3.63, 3.8) is 0 Å². The molecule has 3 heteroatoms. The molecule has 0 fully saturated rings. The Kier molecular flexibility index (Phi) is 2.89. The lowest BCUT2D eigenvalue weighted by atomic mass is 10.2. The molecular weight excluding hydrogens is 178 g/mol. The zero-order valence-electron chi connectivity index (χ0n) is 8.11. The summed E-state index contributed by atoms with van der Waals surface area (Å²) in [5, 5.41) is 0. The summed E-state index contributed by atoms with van der Waals surface area (Å²) in [6.45, 7) is 0.736. The molecule has 76 valence electrons. The average Bonchev–Trinajstić information content (AvgIpc) is 2.60. The van der Waals surface area contributed by atoms with E-state index in [1.165, 1.54) is 0 Å². The van der Waals surface area contributed by atoms with Gasteiger partial charge in [0.1, 0.15) is 0 Å². The molecule has 1 aromatic rings. The summed E-state index contributed by atoms with van der Waals surface area (Å²) in [5.41, 5.74) is 5.42. The Morgan fingerprint density at radius 2 is 1.71 bits per heavy atom. The number of nitrogens with two attached hydrogens (primary N) is 1. The molecule has 2 rings (SSSR count). The predicted octanol–water partition coefficient (Wildman–Crippen LogP) is 1.91. The highest BCUT2D eigenvalue weighted by atomic mass is 16.7. The van der Waals surface area contributed by atoms with Crippen molar-refractivity contribution in [3.8, 4) is 11.5 Å². The number of unbranched alkanes of at least 4 members (excludes halogenated alkanes) is 1. The van der Waals surface area contributed by atoms with E-state index in [9.17, 15) is 0 Å². The molecule has 0 amide bonds. The minimum absolute atomic E-state index is 0.112. The lowest BCUT2D eigenvalue weighted by molar-refractivity contribution is 0.0398. The molecule has 0 atom stereocenters. The van der Waals surface area contributed by atoms with Crippen LogP contribution in [0.5, 0.6) is 11.5 Å². The van der Waals surface area contributed by atoms with E-state index in [-0.39, 0.29) is 6.29 Å². The van der Waals surface area contributed by atoms with Gasteiger partial charge in [0.05, 0.1) is 0 Å². The van der Waals surface area contributed by atoms with Crippen LogP contribution in [-0.2, 0) is 0 Å². The van der Waals surface area contributed by atoms with Crippen LogP contribution in [0.3, 0.4) is 0 Å². The number of fused-ring (bicyclic) bond motifs is 1. The van der Waals surface area contributed by atoms with Gasteiger partial charge in [-0.05, 0) is 31.5 Å². The van der Waals surface area contributed by atoms with Crippen LogP contribution in [0, 0.1) is 0 Å². The Balaban J connectivity index is 1.86. The maximum Gasteiger partial charge on any atom is 0.241 e. The normalized spacial score (nSPS) is 14.6. The van der Waals surface area contributed by atoms with Crippen molar-refractivity contribution < 1.29 is 9.47 Å². The van der Waals surface area contributed by atoms with Crippen LogP contribution < -0.4 is 15.2 Å². The Hall–Kier alpha value is -1.22. The maximum atomic E-state index is 5.59. The van der Waals surface area contributed by atoms with Gasteiger partial charge in [-0.3, -0.25) is 0 Å². The quantitative estimate of drug-likeness (QED) is 0.743. The third-order valence-corrected chi connectivity index (χ3v) is 2.26. The van der Waals surface area contributed by atoms with Gasteiger partial charge in [-0.1, -0.05) is 12.1 Å². The van der Waals surface area contributed by atoms with Gasteiger partial charge in [-0.2, -0.15) is 0 Å². The molecule has 0 aromatic heterocycles. The first-order valence-corrected chi connectivity index (χ1v) is 5.02. The molecule has 0 saturated carbocycles. The fourth-order valence-corrected chi connectivity index (χ4v) is 1.53. The van der Waals surface area contributed by atoms with Crippen molar-refractivity contribution in [1.82, 2.24) is 0 Å². The van der Waals surface area contributed by atoms with Gasteiger partial charge >= 0.3 is 0 Å². The number of hydrogen-bond donors (Lipinski definition) is 1. The van der Waals surface area contributed by atoms with Crippen molar-refractivity contribution in [3.05, 3.63) is 24.3 Å². The maximum absolute atomic E-state index is 5.59. The molecule has 2 N–H and O–H groups in total. The van der Waals surface area contributed by atoms with Gasteiger partial charge in [0.2, 0.25) is 6.29 Å². The standard InChI is InChI=1S/C11H15NO2/c12-8-4-3-7-11-13-9-5-1-2-6-10(9)14-11/h1-2,5-6,11H,3-4,7-8,12H2. The van der Waals surface area contributed by atoms with Crippen molar-refractivity contribution in [2.45, 2.75) is 25.6 Å². The van der Waals surface area contributed by atoms with Gasteiger partial charge in [0, 0.05) is 6.42 Å². The monoisotopic (exact) mass is 193 g/mol. The molecule has 0 spiro atoms. The van der Waals surface area contributed by atoms with E-state index >= 15 is 0 Å². The van der Waals surface area contributed by atoms with E-state index in [0.717, 1.165) is 37.3 Å². The van der Waals surface area contributed by atoms with Crippen LogP contribution in [-0.4, -0.2) is 12.8 Å². The van der Waals surface area contributed by atoms with Gasteiger partial charge in [-0.25, -0.2) is 0 Å². The molecule has 1 aliphatic rings. The van der Waals surface area contributed by atoms with Crippen molar-refractivity contribution >= 4 is 0 Å². The highest BCUT2D eigenvalue weighted by molar-refractivity contribution is 5.41. The first kappa shape index (κ1) is 9.34. The molecule has 3 nitrogen and oxygen atoms in total. The van der Waals surface area contributed by atoms with E-state index in [1.807, 2.05) is 24.3 Å². The second-order valence-electron chi connectivity index (χ2n) is 3.40. The Morgan fingerprint density at radius 3 is 2.29 bits per heavy atom. The van der Waals surface area contributed by atoms with E-state index in [2.05, 4.69) is 0 Å². The summed E-state index contributed by atoms with van der Waals surface area (Å²) in [5.74, 6) is 1.70. The first-order valence-electron chi connectivity index (χ1n) is 5.02. The summed E-state index contributed by atoms with van der Waals surface area (Å²) >= 11 is 0. The van der Waals surface area contributed by atoms with Crippen molar-refractivity contribution in [2.24, 2.45) is 5.73 Å². The molecule has 0 aliphatic carbocycles. The lowest BCUT2D eigenvalue weighted by Gasteiger charge is -2.08. The minimum Gasteiger partial charge on any atom is -0.451 e. The SMILES string of the molecule is NCCCCC1Oc2ccccc2O1. The zero-order chi connectivity index (χ0) is 9.80. The van der Waals surface area contributed by atoms with Crippen LogP contribution in [0.2, 0.25) is 0 Å². The third kappa shape index (κ3) is 1.99. The van der Waals surface area contributed by atoms with E-state index < -0.39 is 0 Å². The average molecular weight is 193 g/mol. The Bertz CT molecular complexity index is 276. The second-order valence-corrected chi connectivity index (χ2v) is 3.40.